The molecule has 0 aromatic carbocycles. The van der Waals surface area contributed by atoms with E-state index >= 15 is 0 Å². The molecule has 0 spiro atoms. The van der Waals surface area contributed by atoms with Crippen molar-refractivity contribution in [2.75, 3.05) is 53.6 Å². The smallest absolute Gasteiger partial charge is 0.0871 e. The molecule has 2 aliphatic rings. The number of hydrogen-bond donors (Lipinski definition) is 3. The SMILES string of the molecule is CC.CCN.CCN(N)/C=C(\N)COC.COCC12CCCN1CCC2. The Morgan fingerprint density at radius 2 is 1.62 bits per heavy atom. The quantitative estimate of drug-likeness (QED) is 0.481. The molecule has 0 radical (unpaired) electrons. The number of fused-ring (bicyclic) bond motifs is 1. The van der Waals surface area contributed by atoms with Gasteiger partial charge < -0.3 is 25.9 Å². The normalized spacial score (nSPS) is 17.8. The highest BCUT2D eigenvalue weighted by Gasteiger charge is 2.43. The Balaban J connectivity index is 0. The molecule has 0 saturated carbocycles. The zero-order valence-corrected chi connectivity index (χ0v) is 18.1. The number of nitrogens with two attached hydrogens (primary N) is 3. The highest BCUT2D eigenvalue weighted by Crippen LogP contribution is 2.38. The largest absolute Gasteiger partial charge is 0.399 e. The lowest BCUT2D eigenvalue weighted by Gasteiger charge is -2.30. The summed E-state index contributed by atoms with van der Waals surface area (Å²) in [6.07, 6.45) is 7.14. The fourth-order valence-electron chi connectivity index (χ4n) is 3.24. The highest BCUT2D eigenvalue weighted by atomic mass is 16.5. The third-order valence-electron chi connectivity index (χ3n) is 4.23. The summed E-state index contributed by atoms with van der Waals surface area (Å²) >= 11 is 0. The second-order valence-electron chi connectivity index (χ2n) is 6.23. The monoisotopic (exact) mass is 375 g/mol. The number of ether oxygens (including phenoxy) is 2. The van der Waals surface area contributed by atoms with Gasteiger partial charge in [-0.1, -0.05) is 20.8 Å². The summed E-state index contributed by atoms with van der Waals surface area (Å²) in [4.78, 5) is 2.62. The molecule has 0 unspecified atom stereocenters. The van der Waals surface area contributed by atoms with Gasteiger partial charge in [0, 0.05) is 32.5 Å². The van der Waals surface area contributed by atoms with E-state index in [2.05, 4.69) is 4.90 Å². The number of rotatable bonds is 6. The Morgan fingerprint density at radius 3 is 2.00 bits per heavy atom. The molecule has 0 amide bonds. The predicted molar refractivity (Wildman–Crippen MR) is 111 cm³/mol. The van der Waals surface area contributed by atoms with Crippen LogP contribution in [-0.4, -0.2) is 69.1 Å². The van der Waals surface area contributed by atoms with Gasteiger partial charge in [0.1, 0.15) is 0 Å². The average Bonchev–Trinajstić information content (AvgIpc) is 3.18. The van der Waals surface area contributed by atoms with E-state index in [4.69, 9.17) is 26.8 Å². The zero-order chi connectivity index (χ0) is 20.4. The van der Waals surface area contributed by atoms with Crippen molar-refractivity contribution in [3.63, 3.8) is 0 Å². The van der Waals surface area contributed by atoms with Gasteiger partial charge in [-0.05, 0) is 52.2 Å². The van der Waals surface area contributed by atoms with Crippen molar-refractivity contribution in [1.29, 1.82) is 0 Å². The zero-order valence-electron chi connectivity index (χ0n) is 18.1. The summed E-state index contributed by atoms with van der Waals surface area (Å²) < 4.78 is 10.1. The summed E-state index contributed by atoms with van der Waals surface area (Å²) in [5.74, 6) is 5.43. The number of hydrazine groups is 1. The van der Waals surface area contributed by atoms with Gasteiger partial charge in [0.25, 0.3) is 0 Å². The summed E-state index contributed by atoms with van der Waals surface area (Å²) in [6, 6.07) is 0. The molecule has 2 fully saturated rings. The Labute approximate surface area is 161 Å². The van der Waals surface area contributed by atoms with Crippen LogP contribution in [0, 0.1) is 0 Å². The first-order valence-corrected chi connectivity index (χ1v) is 9.90. The third-order valence-corrected chi connectivity index (χ3v) is 4.23. The van der Waals surface area contributed by atoms with Crippen LogP contribution in [-0.2, 0) is 9.47 Å². The molecule has 2 rings (SSSR count). The topological polar surface area (TPSA) is 103 Å². The van der Waals surface area contributed by atoms with Gasteiger partial charge in [0.15, 0.2) is 0 Å². The fourth-order valence-corrected chi connectivity index (χ4v) is 3.24. The molecule has 2 saturated heterocycles. The van der Waals surface area contributed by atoms with Crippen molar-refractivity contribution < 1.29 is 9.47 Å². The first kappa shape index (κ1) is 27.4. The van der Waals surface area contributed by atoms with Gasteiger partial charge in [0.05, 0.1) is 18.9 Å². The minimum Gasteiger partial charge on any atom is -0.399 e. The Hall–Kier alpha value is -0.860. The summed E-state index contributed by atoms with van der Waals surface area (Å²) in [6.45, 7) is 13.3. The standard InChI is InChI=1S/C9H17NO.C6H15N3O.C2H7N.C2H6/c1-11-8-9-4-2-6-10(9)7-3-5-9;1-3-9(8)4-6(7)5-10-2;1-2-3;1-2/h2-8H2,1H3;4H,3,5,7-8H2,1-2H3;2-3H2,1H3;1-2H3/b;6-4-;;. The van der Waals surface area contributed by atoms with Crippen molar-refractivity contribution in [3.8, 4) is 0 Å². The molecule has 158 valence electrons. The number of nitrogens with zero attached hydrogens (tertiary/aromatic N) is 2. The minimum absolute atomic E-state index is 0.424. The Kier molecular flexibility index (Phi) is 18.5. The Bertz CT molecular complexity index is 330. The van der Waals surface area contributed by atoms with Gasteiger partial charge in [-0.2, -0.15) is 0 Å². The average molecular weight is 376 g/mol. The lowest BCUT2D eigenvalue weighted by atomic mass is 9.95. The molecule has 0 atom stereocenters. The maximum Gasteiger partial charge on any atom is 0.0871 e. The van der Waals surface area contributed by atoms with Crippen LogP contribution in [0.2, 0.25) is 0 Å². The molecule has 0 bridgehead atoms. The van der Waals surface area contributed by atoms with Crippen molar-refractivity contribution in [2.45, 2.75) is 58.9 Å². The van der Waals surface area contributed by atoms with E-state index in [0.29, 0.717) is 17.8 Å². The van der Waals surface area contributed by atoms with E-state index in [1.807, 2.05) is 34.8 Å². The molecule has 0 aromatic heterocycles. The predicted octanol–water partition coefficient (Wildman–Crippen LogP) is 1.88. The molecule has 7 nitrogen and oxygen atoms in total. The van der Waals surface area contributed by atoms with Gasteiger partial charge in [0.2, 0.25) is 0 Å². The van der Waals surface area contributed by atoms with Crippen LogP contribution < -0.4 is 17.3 Å². The minimum atomic E-state index is 0.424. The molecule has 0 aliphatic carbocycles. The van der Waals surface area contributed by atoms with E-state index < -0.39 is 0 Å². The van der Waals surface area contributed by atoms with Crippen molar-refractivity contribution >= 4 is 0 Å². The van der Waals surface area contributed by atoms with Gasteiger partial charge >= 0.3 is 0 Å². The van der Waals surface area contributed by atoms with Crippen molar-refractivity contribution in [1.82, 2.24) is 9.91 Å². The fraction of sp³-hybridized carbons (Fsp3) is 0.895. The van der Waals surface area contributed by atoms with Gasteiger partial charge in [-0.25, -0.2) is 5.84 Å². The van der Waals surface area contributed by atoms with Crippen LogP contribution in [0.1, 0.15) is 53.4 Å². The number of hydrogen-bond acceptors (Lipinski definition) is 7. The van der Waals surface area contributed by atoms with Crippen LogP contribution in [0.3, 0.4) is 0 Å². The second-order valence-corrected chi connectivity index (χ2v) is 6.23. The second kappa shape index (κ2) is 17.5. The molecule has 2 aliphatic heterocycles. The van der Waals surface area contributed by atoms with Crippen molar-refractivity contribution in [3.05, 3.63) is 11.9 Å². The molecule has 0 aromatic rings. The maximum atomic E-state index is 5.48. The van der Waals surface area contributed by atoms with E-state index in [-0.39, 0.29) is 0 Å². The molecular formula is C19H45N5O2. The van der Waals surface area contributed by atoms with Crippen LogP contribution in [0.4, 0.5) is 0 Å². The molecule has 6 N–H and O–H groups in total. The van der Waals surface area contributed by atoms with E-state index in [1.165, 1.54) is 43.8 Å². The lowest BCUT2D eigenvalue weighted by molar-refractivity contribution is 0.0655. The third kappa shape index (κ3) is 11.0. The van der Waals surface area contributed by atoms with E-state index in [1.54, 1.807) is 13.3 Å². The lowest BCUT2D eigenvalue weighted by Crippen LogP contribution is -2.42. The maximum absolute atomic E-state index is 5.48. The number of methoxy groups -OCH3 is 2. The van der Waals surface area contributed by atoms with Crippen LogP contribution in [0.15, 0.2) is 11.9 Å². The van der Waals surface area contributed by atoms with Crippen molar-refractivity contribution in [2.24, 2.45) is 17.3 Å². The van der Waals surface area contributed by atoms with Crippen LogP contribution in [0.25, 0.3) is 0 Å². The van der Waals surface area contributed by atoms with Crippen LogP contribution >= 0.6 is 0 Å². The van der Waals surface area contributed by atoms with E-state index in [9.17, 15) is 0 Å². The van der Waals surface area contributed by atoms with Gasteiger partial charge in [-0.3, -0.25) is 4.90 Å². The summed E-state index contributed by atoms with van der Waals surface area (Å²) in [7, 11) is 3.41. The first-order valence-electron chi connectivity index (χ1n) is 9.90. The molecule has 7 heteroatoms. The summed E-state index contributed by atoms with van der Waals surface area (Å²) in [5.41, 5.74) is 11.4. The van der Waals surface area contributed by atoms with Crippen LogP contribution in [0.5, 0.6) is 0 Å². The van der Waals surface area contributed by atoms with E-state index in [0.717, 1.165) is 19.7 Å². The molecule has 2 heterocycles. The first-order chi connectivity index (χ1) is 12.5. The molecular weight excluding hydrogens is 330 g/mol. The Morgan fingerprint density at radius 1 is 1.12 bits per heavy atom. The summed E-state index contributed by atoms with van der Waals surface area (Å²) in [5, 5.41) is 1.51. The molecule has 26 heavy (non-hydrogen) atoms. The highest BCUT2D eigenvalue weighted by molar-refractivity contribution is 4.99. The van der Waals surface area contributed by atoms with Gasteiger partial charge in [-0.15, -0.1) is 0 Å².